The number of carbonyl (C=O) groups is 3. The fourth-order valence-corrected chi connectivity index (χ4v) is 6.38. The molecule has 4 aromatic rings. The summed E-state index contributed by atoms with van der Waals surface area (Å²) in [5.74, 6) is -2.63. The number of rotatable bonds is 16. The molecule has 0 aliphatic carbocycles. The molecular formula is C42H50N2O10. The van der Waals surface area contributed by atoms with E-state index in [4.69, 9.17) is 18.9 Å². The van der Waals surface area contributed by atoms with Crippen molar-refractivity contribution in [1.82, 2.24) is 4.98 Å². The zero-order chi connectivity index (χ0) is 39.9. The first kappa shape index (κ1) is 41.3. The van der Waals surface area contributed by atoms with Crippen molar-refractivity contribution in [3.05, 3.63) is 81.3 Å². The molecule has 0 fully saturated rings. The fraction of sp³-hybridized carbons (Fsp3) is 0.405. The standard InChI is InChI=1S/C42H50N2O10/c1-22(2)28-17-18-29-31(20-28)54-41-35(44-29)32-33(39(50)36(41)43-8)37(48)26(6)38(49)34(32)42(51)52-19-11-15-25(5)40(53-27(7)46)30(47)16-10-13-23(3)12-9-14-24(4)21-45/h9,11-12,14,17-23,25,30,40,43,47,49-50H,10,13,15-16H2,1-8H3/b12-9+,19-11+,24-14+/t23?,25-,30?,40?/m0/s1. The number of aromatic nitrogens is 1. The molecule has 54 heavy (non-hydrogen) atoms. The van der Waals surface area contributed by atoms with Crippen LogP contribution < -0.4 is 10.7 Å². The van der Waals surface area contributed by atoms with Gasteiger partial charge in [-0.15, -0.1) is 0 Å². The number of aliphatic hydroxyl groups is 1. The SMILES string of the molecule is CNc1c(O)c2c(=O)c(C)c(O)c(C(=O)O/C=C/C[C@H](C)C(OC(C)=O)C(O)CCCC(C)/C=C/C=C(\C)C=O)c2c2nc3ccc(C(C)C)cc3oc12. The van der Waals surface area contributed by atoms with E-state index >= 15 is 0 Å². The predicted molar refractivity (Wildman–Crippen MR) is 209 cm³/mol. The summed E-state index contributed by atoms with van der Waals surface area (Å²) in [6.45, 7) is 12.2. The van der Waals surface area contributed by atoms with Gasteiger partial charge in [-0.2, -0.15) is 0 Å². The molecule has 0 aliphatic rings. The van der Waals surface area contributed by atoms with Crippen molar-refractivity contribution < 1.29 is 43.6 Å². The molecule has 0 saturated heterocycles. The Morgan fingerprint density at radius 1 is 1.06 bits per heavy atom. The number of esters is 2. The minimum atomic E-state index is -1.02. The van der Waals surface area contributed by atoms with Crippen LogP contribution in [0, 0.1) is 18.8 Å². The molecule has 4 atom stereocenters. The van der Waals surface area contributed by atoms with Crippen LogP contribution in [0.2, 0.25) is 0 Å². The fourth-order valence-electron chi connectivity index (χ4n) is 6.38. The van der Waals surface area contributed by atoms with Crippen LogP contribution in [-0.2, 0) is 19.1 Å². The molecule has 3 unspecified atom stereocenters. The van der Waals surface area contributed by atoms with Crippen LogP contribution in [0.25, 0.3) is 33.0 Å². The van der Waals surface area contributed by atoms with Crippen LogP contribution >= 0.6 is 0 Å². The molecule has 4 rings (SSSR count). The molecule has 0 bridgehead atoms. The van der Waals surface area contributed by atoms with Gasteiger partial charge < -0.3 is 34.5 Å². The highest BCUT2D eigenvalue weighted by atomic mass is 16.6. The maximum absolute atomic E-state index is 13.7. The normalized spacial score (nSPS) is 14.6. The van der Waals surface area contributed by atoms with E-state index in [9.17, 15) is 34.5 Å². The minimum absolute atomic E-state index is 0.0577. The lowest BCUT2D eigenvalue weighted by atomic mass is 9.92. The van der Waals surface area contributed by atoms with Crippen LogP contribution in [0.1, 0.15) is 94.6 Å². The maximum Gasteiger partial charge on any atom is 0.347 e. The molecule has 288 valence electrons. The summed E-state index contributed by atoms with van der Waals surface area (Å²) in [4.78, 5) is 54.7. The van der Waals surface area contributed by atoms with Crippen LogP contribution in [0.5, 0.6) is 11.5 Å². The van der Waals surface area contributed by atoms with Gasteiger partial charge in [0.2, 0.25) is 0 Å². The largest absolute Gasteiger partial charge is 0.507 e. The van der Waals surface area contributed by atoms with Crippen LogP contribution in [-0.4, -0.2) is 57.8 Å². The monoisotopic (exact) mass is 742 g/mol. The summed E-state index contributed by atoms with van der Waals surface area (Å²) in [6.07, 6.45) is 9.28. The Morgan fingerprint density at radius 2 is 1.78 bits per heavy atom. The zero-order valence-corrected chi connectivity index (χ0v) is 32.1. The second-order valence-electron chi connectivity index (χ2n) is 14.1. The molecule has 0 saturated carbocycles. The van der Waals surface area contributed by atoms with Gasteiger partial charge in [0.05, 0.1) is 17.8 Å². The predicted octanol–water partition coefficient (Wildman–Crippen LogP) is 7.88. The van der Waals surface area contributed by atoms with Gasteiger partial charge in [-0.05, 0) is 80.2 Å². The summed E-state index contributed by atoms with van der Waals surface area (Å²) in [5, 5.41) is 36.1. The number of hydrogen-bond acceptors (Lipinski definition) is 12. The highest BCUT2D eigenvalue weighted by Crippen LogP contribution is 2.44. The number of aromatic hydroxyl groups is 2. The Labute approximate surface area is 314 Å². The number of ether oxygens (including phenoxy) is 2. The van der Waals surface area contributed by atoms with Gasteiger partial charge in [-0.25, -0.2) is 9.78 Å². The van der Waals surface area contributed by atoms with Crippen molar-refractivity contribution in [2.45, 2.75) is 92.3 Å². The number of allylic oxidation sites excluding steroid dienone is 5. The van der Waals surface area contributed by atoms with E-state index in [0.29, 0.717) is 29.5 Å². The zero-order valence-electron chi connectivity index (χ0n) is 32.1. The van der Waals surface area contributed by atoms with E-state index in [0.717, 1.165) is 24.5 Å². The lowest BCUT2D eigenvalue weighted by molar-refractivity contribution is -0.156. The van der Waals surface area contributed by atoms with E-state index in [1.807, 2.05) is 45.1 Å². The van der Waals surface area contributed by atoms with Gasteiger partial charge in [0, 0.05) is 24.9 Å². The lowest BCUT2D eigenvalue weighted by Crippen LogP contribution is -2.36. The van der Waals surface area contributed by atoms with E-state index in [1.54, 1.807) is 33.0 Å². The Bertz CT molecular complexity index is 2200. The van der Waals surface area contributed by atoms with Crippen molar-refractivity contribution in [1.29, 1.82) is 0 Å². The average Bonchev–Trinajstić information content (AvgIpc) is 3.13. The molecule has 0 aliphatic heterocycles. The van der Waals surface area contributed by atoms with Crippen LogP contribution in [0.15, 0.2) is 63.6 Å². The van der Waals surface area contributed by atoms with Gasteiger partial charge >= 0.3 is 11.9 Å². The van der Waals surface area contributed by atoms with Crippen molar-refractivity contribution in [2.24, 2.45) is 11.8 Å². The highest BCUT2D eigenvalue weighted by molar-refractivity contribution is 6.21. The van der Waals surface area contributed by atoms with E-state index < -0.39 is 41.1 Å². The van der Waals surface area contributed by atoms with E-state index in [2.05, 4.69) is 5.32 Å². The molecule has 1 aromatic heterocycles. The van der Waals surface area contributed by atoms with Crippen LogP contribution in [0.4, 0.5) is 5.69 Å². The Kier molecular flexibility index (Phi) is 13.8. The molecule has 3 aromatic carbocycles. The summed E-state index contributed by atoms with van der Waals surface area (Å²) in [5.41, 5.74) is 1.43. The quantitative estimate of drug-likeness (QED) is 0.0127. The van der Waals surface area contributed by atoms with Gasteiger partial charge in [-0.3, -0.25) is 14.4 Å². The summed E-state index contributed by atoms with van der Waals surface area (Å²) in [7, 11) is 1.55. The summed E-state index contributed by atoms with van der Waals surface area (Å²) in [6, 6.07) is 5.49. The van der Waals surface area contributed by atoms with Crippen molar-refractivity contribution >= 4 is 56.9 Å². The molecule has 1 heterocycles. The molecular weight excluding hydrogens is 692 g/mol. The Hall–Kier alpha value is -5.49. The maximum atomic E-state index is 13.7. The number of nitrogens with zero attached hydrogens (tertiary/aromatic N) is 1. The average molecular weight is 743 g/mol. The number of phenolic OH excluding ortho intramolecular Hbond substituents is 2. The third-order valence-corrected chi connectivity index (χ3v) is 9.53. The molecule has 0 amide bonds. The number of aliphatic hydroxyl groups excluding tert-OH is 1. The van der Waals surface area contributed by atoms with E-state index in [-0.39, 0.29) is 62.9 Å². The molecule has 12 nitrogen and oxygen atoms in total. The number of anilines is 1. The first-order valence-corrected chi connectivity index (χ1v) is 18.1. The summed E-state index contributed by atoms with van der Waals surface area (Å²) < 4.78 is 17.2. The summed E-state index contributed by atoms with van der Waals surface area (Å²) >= 11 is 0. The first-order chi connectivity index (χ1) is 25.6. The second kappa shape index (κ2) is 18.0. The number of hydrogen-bond donors (Lipinski definition) is 4. The third-order valence-electron chi connectivity index (χ3n) is 9.53. The smallest absolute Gasteiger partial charge is 0.347 e. The first-order valence-electron chi connectivity index (χ1n) is 18.1. The van der Waals surface area contributed by atoms with Crippen LogP contribution in [0.3, 0.4) is 0 Å². The van der Waals surface area contributed by atoms with Crippen molar-refractivity contribution in [2.75, 3.05) is 12.4 Å². The molecule has 0 radical (unpaired) electrons. The third kappa shape index (κ3) is 9.17. The van der Waals surface area contributed by atoms with Crippen molar-refractivity contribution in [3.8, 4) is 11.5 Å². The number of carbonyl (C=O) groups excluding carboxylic acids is 3. The molecule has 4 N–H and O–H groups in total. The van der Waals surface area contributed by atoms with E-state index in [1.165, 1.54) is 19.9 Å². The van der Waals surface area contributed by atoms with Gasteiger partial charge in [0.25, 0.3) is 0 Å². The van der Waals surface area contributed by atoms with Gasteiger partial charge in [0.15, 0.2) is 22.3 Å². The minimum Gasteiger partial charge on any atom is -0.507 e. The Morgan fingerprint density at radius 3 is 2.43 bits per heavy atom. The van der Waals surface area contributed by atoms with Gasteiger partial charge in [-0.1, -0.05) is 58.4 Å². The Balaban J connectivity index is 1.60. The molecule has 0 spiro atoms. The topological polar surface area (TPSA) is 185 Å². The number of aldehydes is 1. The number of benzene rings is 3. The second-order valence-corrected chi connectivity index (χ2v) is 14.1. The highest BCUT2D eigenvalue weighted by Gasteiger charge is 2.30. The van der Waals surface area contributed by atoms with Gasteiger partial charge in [0.1, 0.15) is 40.4 Å². The number of phenols is 2. The number of nitrogens with one attached hydrogen (secondary N) is 1. The lowest BCUT2D eigenvalue weighted by Gasteiger charge is -2.27. The van der Waals surface area contributed by atoms with Crippen molar-refractivity contribution in [3.63, 3.8) is 0 Å². The molecule has 12 heteroatoms. The number of fused-ring (bicyclic) bond motifs is 4.